The van der Waals surface area contributed by atoms with Crippen LogP contribution in [0.25, 0.3) is 0 Å². The largest absolute Gasteiger partial charge is 0.479 e. The topological polar surface area (TPSA) is 57.5 Å². The van der Waals surface area contributed by atoms with E-state index < -0.39 is 18.2 Å². The highest BCUT2D eigenvalue weighted by molar-refractivity contribution is 5.73. The number of aliphatic carboxylic acids is 1. The Bertz CT molecular complexity index is 376. The zero-order chi connectivity index (χ0) is 11.6. The summed E-state index contributed by atoms with van der Waals surface area (Å²) >= 11 is 0. The second-order valence-corrected chi connectivity index (χ2v) is 3.54. The van der Waals surface area contributed by atoms with E-state index in [1.54, 1.807) is 26.0 Å². The molecule has 0 amide bonds. The summed E-state index contributed by atoms with van der Waals surface area (Å²) in [4.78, 5) is 10.4. The van der Waals surface area contributed by atoms with E-state index in [-0.39, 0.29) is 0 Å². The molecular weight excluding hydrogens is 199 g/mol. The molecule has 2 unspecified atom stereocenters. The van der Waals surface area contributed by atoms with Crippen LogP contribution in [0.15, 0.2) is 18.2 Å². The number of aliphatic hydroxyl groups excluding tert-OH is 1. The molecule has 0 spiro atoms. The third-order valence-electron chi connectivity index (χ3n) is 2.27. The molecule has 4 heteroatoms. The molecule has 0 bridgehead atoms. The highest BCUT2D eigenvalue weighted by atomic mass is 19.1. The third kappa shape index (κ3) is 2.53. The second-order valence-electron chi connectivity index (χ2n) is 3.54. The molecule has 1 aromatic carbocycles. The number of rotatable bonds is 3. The maximum Gasteiger partial charge on any atom is 0.341 e. The smallest absolute Gasteiger partial charge is 0.341 e. The van der Waals surface area contributed by atoms with Gasteiger partial charge in [-0.3, -0.25) is 0 Å². The molecule has 0 fully saturated rings. The molecule has 0 aliphatic rings. The van der Waals surface area contributed by atoms with E-state index in [4.69, 9.17) is 5.11 Å². The lowest BCUT2D eigenvalue weighted by Crippen LogP contribution is -2.23. The predicted octanol–water partition coefficient (Wildman–Crippen LogP) is 1.76. The number of alkyl halides is 1. The molecule has 82 valence electrons. The van der Waals surface area contributed by atoms with E-state index in [9.17, 15) is 14.3 Å². The van der Waals surface area contributed by atoms with E-state index in [1.807, 2.05) is 6.07 Å². The monoisotopic (exact) mass is 212 g/mol. The van der Waals surface area contributed by atoms with Gasteiger partial charge in [-0.25, -0.2) is 9.18 Å². The zero-order valence-corrected chi connectivity index (χ0v) is 8.57. The molecule has 2 N–H and O–H groups in total. The number of carboxylic acids is 1. The number of carbonyl (C=O) groups is 1. The highest BCUT2D eigenvalue weighted by Crippen LogP contribution is 2.23. The standard InChI is InChI=1S/C11H13FO3/c1-6-3-4-7(2)8(5-6)10(13)9(12)11(14)15/h3-5,9-10,13H,1-2H3,(H,14,15). The fraction of sp³-hybridized carbons (Fsp3) is 0.364. The minimum absolute atomic E-state index is 0.324. The number of aliphatic hydroxyl groups is 1. The summed E-state index contributed by atoms with van der Waals surface area (Å²) in [5.41, 5.74) is 1.86. The highest BCUT2D eigenvalue weighted by Gasteiger charge is 2.28. The maximum atomic E-state index is 13.1. The van der Waals surface area contributed by atoms with E-state index in [0.29, 0.717) is 11.1 Å². The fourth-order valence-electron chi connectivity index (χ4n) is 1.37. The number of benzene rings is 1. The number of hydrogen-bond donors (Lipinski definition) is 2. The SMILES string of the molecule is Cc1ccc(C)c(C(O)C(F)C(=O)O)c1. The Kier molecular flexibility index (Phi) is 3.42. The summed E-state index contributed by atoms with van der Waals surface area (Å²) in [5.74, 6) is -1.65. The van der Waals surface area contributed by atoms with Gasteiger partial charge < -0.3 is 10.2 Å². The molecule has 1 aromatic rings. The predicted molar refractivity (Wildman–Crippen MR) is 53.4 cm³/mol. The Hall–Kier alpha value is -1.42. The van der Waals surface area contributed by atoms with E-state index in [2.05, 4.69) is 0 Å². The molecule has 2 atom stereocenters. The van der Waals surface area contributed by atoms with E-state index >= 15 is 0 Å². The lowest BCUT2D eigenvalue weighted by atomic mass is 9.98. The fourth-order valence-corrected chi connectivity index (χ4v) is 1.37. The van der Waals surface area contributed by atoms with Crippen LogP contribution in [-0.4, -0.2) is 22.4 Å². The first-order valence-electron chi connectivity index (χ1n) is 4.55. The Balaban J connectivity index is 3.04. The number of halogens is 1. The average molecular weight is 212 g/mol. The van der Waals surface area contributed by atoms with Crippen LogP contribution in [0.3, 0.4) is 0 Å². The second kappa shape index (κ2) is 4.40. The third-order valence-corrected chi connectivity index (χ3v) is 2.27. The van der Waals surface area contributed by atoms with E-state index in [0.717, 1.165) is 5.56 Å². The molecule has 0 radical (unpaired) electrons. The van der Waals surface area contributed by atoms with Crippen LogP contribution in [0.1, 0.15) is 22.8 Å². The van der Waals surface area contributed by atoms with Crippen molar-refractivity contribution in [2.75, 3.05) is 0 Å². The maximum absolute atomic E-state index is 13.1. The van der Waals surface area contributed by atoms with E-state index in [1.165, 1.54) is 0 Å². The van der Waals surface area contributed by atoms with Crippen molar-refractivity contribution in [1.82, 2.24) is 0 Å². The van der Waals surface area contributed by atoms with Gasteiger partial charge >= 0.3 is 5.97 Å². The Morgan fingerprint density at radius 2 is 2.00 bits per heavy atom. The molecular formula is C11H13FO3. The van der Waals surface area contributed by atoms with Gasteiger partial charge in [0.1, 0.15) is 6.10 Å². The van der Waals surface area contributed by atoms with Crippen molar-refractivity contribution in [3.8, 4) is 0 Å². The van der Waals surface area contributed by atoms with Crippen LogP contribution >= 0.6 is 0 Å². The Morgan fingerprint density at radius 3 is 2.53 bits per heavy atom. The Morgan fingerprint density at radius 1 is 1.40 bits per heavy atom. The van der Waals surface area contributed by atoms with Crippen molar-refractivity contribution in [3.63, 3.8) is 0 Å². The molecule has 0 saturated carbocycles. The van der Waals surface area contributed by atoms with Gasteiger partial charge in [0.2, 0.25) is 6.17 Å². The van der Waals surface area contributed by atoms with Gasteiger partial charge in [0.25, 0.3) is 0 Å². The number of hydrogen-bond acceptors (Lipinski definition) is 2. The van der Waals surface area contributed by atoms with Gasteiger partial charge in [0, 0.05) is 0 Å². The van der Waals surface area contributed by atoms with Gasteiger partial charge in [0.15, 0.2) is 0 Å². The van der Waals surface area contributed by atoms with Crippen LogP contribution in [0.2, 0.25) is 0 Å². The first kappa shape index (κ1) is 11.7. The van der Waals surface area contributed by atoms with Gasteiger partial charge in [0.05, 0.1) is 0 Å². The normalized spacial score (nSPS) is 14.7. The summed E-state index contributed by atoms with van der Waals surface area (Å²) < 4.78 is 13.1. The lowest BCUT2D eigenvalue weighted by Gasteiger charge is -2.15. The first-order valence-corrected chi connectivity index (χ1v) is 4.55. The molecule has 0 aliphatic carbocycles. The van der Waals surface area contributed by atoms with Crippen LogP contribution in [0.5, 0.6) is 0 Å². The quantitative estimate of drug-likeness (QED) is 0.802. The summed E-state index contributed by atoms with van der Waals surface area (Å²) in [7, 11) is 0. The first-order chi connectivity index (χ1) is 6.93. The number of aryl methyl sites for hydroxylation is 2. The zero-order valence-electron chi connectivity index (χ0n) is 8.57. The van der Waals surface area contributed by atoms with Crippen molar-refractivity contribution in [2.45, 2.75) is 26.1 Å². The van der Waals surface area contributed by atoms with Gasteiger partial charge in [-0.15, -0.1) is 0 Å². The molecule has 0 heterocycles. The molecule has 15 heavy (non-hydrogen) atoms. The lowest BCUT2D eigenvalue weighted by molar-refractivity contribution is -0.147. The van der Waals surface area contributed by atoms with Crippen LogP contribution in [0.4, 0.5) is 4.39 Å². The van der Waals surface area contributed by atoms with Crippen molar-refractivity contribution in [1.29, 1.82) is 0 Å². The minimum Gasteiger partial charge on any atom is -0.479 e. The minimum atomic E-state index is -2.29. The molecule has 0 saturated heterocycles. The van der Waals surface area contributed by atoms with Crippen molar-refractivity contribution >= 4 is 5.97 Å². The summed E-state index contributed by atoms with van der Waals surface area (Å²) in [6.07, 6.45) is -3.90. The number of carboxylic acid groups (broad SMARTS) is 1. The molecule has 0 aromatic heterocycles. The van der Waals surface area contributed by atoms with Crippen LogP contribution in [0, 0.1) is 13.8 Å². The molecule has 3 nitrogen and oxygen atoms in total. The summed E-state index contributed by atoms with van der Waals surface area (Å²) in [6, 6.07) is 5.14. The van der Waals surface area contributed by atoms with Crippen LogP contribution < -0.4 is 0 Å². The Labute approximate surface area is 87.2 Å². The summed E-state index contributed by atoms with van der Waals surface area (Å²) in [5, 5.41) is 17.9. The van der Waals surface area contributed by atoms with Gasteiger partial charge in [-0.2, -0.15) is 0 Å². The summed E-state index contributed by atoms with van der Waals surface area (Å²) in [6.45, 7) is 3.50. The van der Waals surface area contributed by atoms with Crippen molar-refractivity contribution in [3.05, 3.63) is 34.9 Å². The van der Waals surface area contributed by atoms with Gasteiger partial charge in [-0.05, 0) is 25.0 Å². The van der Waals surface area contributed by atoms with Crippen molar-refractivity contribution in [2.24, 2.45) is 0 Å². The average Bonchev–Trinajstić information content (AvgIpc) is 2.19. The molecule has 1 rings (SSSR count). The molecule has 0 aliphatic heterocycles. The van der Waals surface area contributed by atoms with Crippen LogP contribution in [-0.2, 0) is 4.79 Å². The van der Waals surface area contributed by atoms with Gasteiger partial charge in [-0.1, -0.05) is 23.8 Å². The van der Waals surface area contributed by atoms with Crippen molar-refractivity contribution < 1.29 is 19.4 Å².